The minimum absolute atomic E-state index is 0.142. The van der Waals surface area contributed by atoms with Gasteiger partial charge in [0.15, 0.2) is 0 Å². The molecule has 0 aliphatic rings. The van der Waals surface area contributed by atoms with E-state index in [9.17, 15) is 0 Å². The summed E-state index contributed by atoms with van der Waals surface area (Å²) >= 11 is 0. The Hall–Kier alpha value is -1.96. The Bertz CT molecular complexity index is 651. The van der Waals surface area contributed by atoms with Crippen LogP contribution in [0.15, 0.2) is 47.6 Å². The van der Waals surface area contributed by atoms with E-state index in [0.717, 1.165) is 11.3 Å². The number of hydrogen-bond acceptors (Lipinski definition) is 2. The standard InChI is InChI=1S/C21H28N2/c1-20(2,3)17-9-7-16(8-10-17)13-22-15-19-12-11-18(14-23-19)21(4,5)6/h7-14H,15H2,1-6H3. The fourth-order valence-corrected chi connectivity index (χ4v) is 2.28. The van der Waals surface area contributed by atoms with E-state index in [0.29, 0.717) is 6.54 Å². The Kier molecular flexibility index (Phi) is 5.03. The highest BCUT2D eigenvalue weighted by Crippen LogP contribution is 2.22. The lowest BCUT2D eigenvalue weighted by atomic mass is 9.87. The van der Waals surface area contributed by atoms with Crippen LogP contribution in [0.2, 0.25) is 0 Å². The molecule has 23 heavy (non-hydrogen) atoms. The van der Waals surface area contributed by atoms with Gasteiger partial charge in [-0.05, 0) is 33.6 Å². The minimum Gasteiger partial charge on any atom is -0.286 e. The van der Waals surface area contributed by atoms with Crippen LogP contribution in [0.5, 0.6) is 0 Å². The Morgan fingerprint density at radius 3 is 1.87 bits per heavy atom. The molecule has 0 saturated carbocycles. The van der Waals surface area contributed by atoms with Crippen molar-refractivity contribution in [2.75, 3.05) is 0 Å². The van der Waals surface area contributed by atoms with Crippen LogP contribution in [0.4, 0.5) is 0 Å². The molecule has 0 amide bonds. The average Bonchev–Trinajstić information content (AvgIpc) is 2.46. The van der Waals surface area contributed by atoms with Gasteiger partial charge in [0.05, 0.1) is 12.2 Å². The normalized spacial score (nSPS) is 12.8. The molecular weight excluding hydrogens is 280 g/mol. The lowest BCUT2D eigenvalue weighted by molar-refractivity contribution is 0.586. The Labute approximate surface area is 140 Å². The lowest BCUT2D eigenvalue weighted by Gasteiger charge is -2.18. The second-order valence-electron chi connectivity index (χ2n) is 8.13. The molecule has 1 aromatic heterocycles. The van der Waals surface area contributed by atoms with Crippen molar-refractivity contribution in [2.24, 2.45) is 4.99 Å². The average molecular weight is 308 g/mol. The second kappa shape index (κ2) is 6.66. The van der Waals surface area contributed by atoms with Gasteiger partial charge in [-0.1, -0.05) is 71.9 Å². The van der Waals surface area contributed by atoms with Gasteiger partial charge in [-0.3, -0.25) is 9.98 Å². The summed E-state index contributed by atoms with van der Waals surface area (Å²) < 4.78 is 0. The Morgan fingerprint density at radius 1 is 0.826 bits per heavy atom. The summed E-state index contributed by atoms with van der Waals surface area (Å²) in [7, 11) is 0. The molecule has 0 atom stereocenters. The monoisotopic (exact) mass is 308 g/mol. The van der Waals surface area contributed by atoms with Gasteiger partial charge in [0.25, 0.3) is 0 Å². The highest BCUT2D eigenvalue weighted by atomic mass is 14.8. The first-order valence-electron chi connectivity index (χ1n) is 8.22. The third-order valence-corrected chi connectivity index (χ3v) is 3.96. The van der Waals surface area contributed by atoms with E-state index >= 15 is 0 Å². The quantitative estimate of drug-likeness (QED) is 0.707. The topological polar surface area (TPSA) is 25.2 Å². The number of nitrogens with zero attached hydrogens (tertiary/aromatic N) is 2. The van der Waals surface area contributed by atoms with Crippen LogP contribution >= 0.6 is 0 Å². The molecule has 0 unspecified atom stereocenters. The Morgan fingerprint density at radius 2 is 1.39 bits per heavy atom. The van der Waals surface area contributed by atoms with Crippen molar-refractivity contribution < 1.29 is 0 Å². The highest BCUT2D eigenvalue weighted by molar-refractivity contribution is 5.79. The van der Waals surface area contributed by atoms with Gasteiger partial charge in [-0.15, -0.1) is 0 Å². The van der Waals surface area contributed by atoms with Crippen LogP contribution in [-0.4, -0.2) is 11.2 Å². The number of hydrogen-bond donors (Lipinski definition) is 0. The summed E-state index contributed by atoms with van der Waals surface area (Å²) in [6.45, 7) is 13.9. The van der Waals surface area contributed by atoms with E-state index in [4.69, 9.17) is 0 Å². The van der Waals surface area contributed by atoms with Crippen LogP contribution in [-0.2, 0) is 17.4 Å². The fourth-order valence-electron chi connectivity index (χ4n) is 2.28. The van der Waals surface area contributed by atoms with Crippen LogP contribution in [0.25, 0.3) is 0 Å². The molecule has 0 fully saturated rings. The van der Waals surface area contributed by atoms with Crippen LogP contribution in [0.1, 0.15) is 63.9 Å². The summed E-state index contributed by atoms with van der Waals surface area (Å²) in [5.41, 5.74) is 5.06. The van der Waals surface area contributed by atoms with Crippen molar-refractivity contribution in [1.29, 1.82) is 0 Å². The smallest absolute Gasteiger partial charge is 0.0811 e. The number of benzene rings is 1. The van der Waals surface area contributed by atoms with Crippen LogP contribution < -0.4 is 0 Å². The van der Waals surface area contributed by atoms with Gasteiger partial charge < -0.3 is 0 Å². The maximum Gasteiger partial charge on any atom is 0.0811 e. The van der Waals surface area contributed by atoms with Gasteiger partial charge in [0, 0.05) is 12.4 Å². The van der Waals surface area contributed by atoms with Crippen molar-refractivity contribution in [3.8, 4) is 0 Å². The fraction of sp³-hybridized carbons (Fsp3) is 0.429. The molecule has 0 aliphatic carbocycles. The molecule has 0 aliphatic heterocycles. The van der Waals surface area contributed by atoms with Crippen molar-refractivity contribution in [1.82, 2.24) is 4.98 Å². The first-order valence-corrected chi connectivity index (χ1v) is 8.22. The van der Waals surface area contributed by atoms with Gasteiger partial charge in [-0.25, -0.2) is 0 Å². The van der Waals surface area contributed by atoms with E-state index < -0.39 is 0 Å². The molecule has 2 heteroatoms. The van der Waals surface area contributed by atoms with Crippen molar-refractivity contribution >= 4 is 6.21 Å². The minimum atomic E-state index is 0.142. The highest BCUT2D eigenvalue weighted by Gasteiger charge is 2.13. The summed E-state index contributed by atoms with van der Waals surface area (Å²) in [4.78, 5) is 9.02. The molecular formula is C21H28N2. The molecule has 1 aromatic carbocycles. The third-order valence-electron chi connectivity index (χ3n) is 3.96. The SMILES string of the molecule is CC(C)(C)c1ccc(C=NCc2ccc(C(C)(C)C)cn2)cc1. The zero-order valence-electron chi connectivity index (χ0n) is 15.2. The molecule has 0 spiro atoms. The first-order chi connectivity index (χ1) is 10.7. The predicted octanol–water partition coefficient (Wildman–Crippen LogP) is 5.30. The van der Waals surface area contributed by atoms with Gasteiger partial charge in [0.2, 0.25) is 0 Å². The number of aromatic nitrogens is 1. The molecule has 0 radical (unpaired) electrons. The van der Waals surface area contributed by atoms with E-state index in [-0.39, 0.29) is 10.8 Å². The summed E-state index contributed by atoms with van der Waals surface area (Å²) in [5.74, 6) is 0. The summed E-state index contributed by atoms with van der Waals surface area (Å²) in [5, 5.41) is 0. The van der Waals surface area contributed by atoms with Gasteiger partial charge >= 0.3 is 0 Å². The van der Waals surface area contributed by atoms with Gasteiger partial charge in [-0.2, -0.15) is 0 Å². The van der Waals surface area contributed by atoms with Crippen molar-refractivity contribution in [3.63, 3.8) is 0 Å². The van der Waals surface area contributed by atoms with E-state index in [1.165, 1.54) is 11.1 Å². The molecule has 2 rings (SSSR count). The van der Waals surface area contributed by atoms with E-state index in [1.54, 1.807) is 0 Å². The molecule has 2 nitrogen and oxygen atoms in total. The maximum atomic E-state index is 4.51. The van der Waals surface area contributed by atoms with Crippen molar-refractivity contribution in [2.45, 2.75) is 58.9 Å². The van der Waals surface area contributed by atoms with Crippen molar-refractivity contribution in [3.05, 3.63) is 65.0 Å². The molecule has 0 N–H and O–H groups in total. The van der Waals surface area contributed by atoms with E-state index in [2.05, 4.69) is 87.9 Å². The largest absolute Gasteiger partial charge is 0.286 e. The summed E-state index contributed by atoms with van der Waals surface area (Å²) in [6.07, 6.45) is 3.88. The molecule has 0 bridgehead atoms. The molecule has 0 saturated heterocycles. The molecule has 2 aromatic rings. The zero-order valence-corrected chi connectivity index (χ0v) is 15.2. The molecule has 122 valence electrons. The third kappa shape index (κ3) is 5.02. The number of rotatable bonds is 3. The zero-order chi connectivity index (χ0) is 17.1. The first kappa shape index (κ1) is 17.4. The summed E-state index contributed by atoms with van der Waals surface area (Å²) in [6, 6.07) is 12.8. The number of aliphatic imine (C=N–C) groups is 1. The maximum absolute atomic E-state index is 4.51. The lowest BCUT2D eigenvalue weighted by Crippen LogP contribution is -2.11. The second-order valence-corrected chi connectivity index (χ2v) is 8.13. The van der Waals surface area contributed by atoms with Crippen LogP contribution in [0.3, 0.4) is 0 Å². The Balaban J connectivity index is 1.99. The van der Waals surface area contributed by atoms with E-state index in [1.807, 2.05) is 12.4 Å². The molecule has 1 heterocycles. The predicted molar refractivity (Wildman–Crippen MR) is 99.4 cm³/mol. The van der Waals surface area contributed by atoms with Crippen LogP contribution in [0, 0.1) is 0 Å². The van der Waals surface area contributed by atoms with Gasteiger partial charge in [0.1, 0.15) is 0 Å². The number of pyridine rings is 1.